The lowest BCUT2D eigenvalue weighted by atomic mass is 9.85. The maximum atomic E-state index is 14.7. The molecule has 0 saturated carbocycles. The third-order valence-electron chi connectivity index (χ3n) is 10.3. The number of carbonyl (C=O) groups is 3. The quantitative estimate of drug-likeness (QED) is 0.178. The Morgan fingerprint density at radius 2 is 1.40 bits per heavy atom. The number of hydrogen-bond acceptors (Lipinski definition) is 8. The van der Waals surface area contributed by atoms with E-state index in [1.54, 1.807) is 0 Å². The first-order valence-corrected chi connectivity index (χ1v) is 16.5. The van der Waals surface area contributed by atoms with Crippen molar-refractivity contribution in [3.63, 3.8) is 0 Å². The number of quaternary nitrogens is 1. The van der Waals surface area contributed by atoms with Gasteiger partial charge in [0.05, 0.1) is 31.1 Å². The van der Waals surface area contributed by atoms with Gasteiger partial charge in [-0.05, 0) is 24.0 Å². The van der Waals surface area contributed by atoms with Crippen LogP contribution in [0.3, 0.4) is 0 Å². The van der Waals surface area contributed by atoms with Gasteiger partial charge in [0.15, 0.2) is 0 Å². The van der Waals surface area contributed by atoms with Crippen molar-refractivity contribution in [2.45, 2.75) is 95.3 Å². The largest absolute Gasteiger partial charge is 0.554 e. The second-order valence-corrected chi connectivity index (χ2v) is 13.2. The Labute approximate surface area is 266 Å². The Bertz CT molecular complexity index is 1200. The zero-order chi connectivity index (χ0) is 31.9. The minimum Gasteiger partial charge on any atom is -0.554 e. The lowest BCUT2D eigenvalue weighted by Gasteiger charge is -2.47. The van der Waals surface area contributed by atoms with Crippen LogP contribution >= 0.6 is 0 Å². The number of nitrogens with zero attached hydrogens (tertiary/aromatic N) is 1. The Balaban J connectivity index is 0.00000128. The van der Waals surface area contributed by atoms with Crippen LogP contribution in [-0.4, -0.2) is 73.7 Å². The molecular weight excluding hydrogens is 574 g/mol. The van der Waals surface area contributed by atoms with E-state index in [-0.39, 0.29) is 23.9 Å². The van der Waals surface area contributed by atoms with Crippen LogP contribution in [0.1, 0.15) is 76.3 Å². The molecule has 2 aromatic rings. The van der Waals surface area contributed by atoms with Crippen molar-refractivity contribution in [1.82, 2.24) is 0 Å². The lowest BCUT2D eigenvalue weighted by molar-refractivity contribution is -0.956. The van der Waals surface area contributed by atoms with Gasteiger partial charge < -0.3 is 33.3 Å². The summed E-state index contributed by atoms with van der Waals surface area (Å²) in [5.41, 5.74) is -0.268. The lowest BCUT2D eigenvalue weighted by Crippen LogP contribution is -2.60. The van der Waals surface area contributed by atoms with Crippen LogP contribution in [0.15, 0.2) is 60.7 Å². The zero-order valence-corrected chi connectivity index (χ0v) is 26.5. The Kier molecular flexibility index (Phi) is 10.9. The van der Waals surface area contributed by atoms with Gasteiger partial charge >= 0.3 is 11.9 Å². The highest BCUT2D eigenvalue weighted by atomic mass is 16.7. The van der Waals surface area contributed by atoms with E-state index < -0.39 is 24.3 Å². The third-order valence-corrected chi connectivity index (χ3v) is 10.3. The zero-order valence-electron chi connectivity index (χ0n) is 26.5. The highest BCUT2D eigenvalue weighted by Crippen LogP contribution is 2.47. The summed E-state index contributed by atoms with van der Waals surface area (Å²) in [6.07, 6.45) is 6.98. The van der Waals surface area contributed by atoms with Crippen LogP contribution in [0.4, 0.5) is 0 Å². The summed E-state index contributed by atoms with van der Waals surface area (Å²) < 4.78 is 26.1. The van der Waals surface area contributed by atoms with Crippen molar-refractivity contribution in [2.75, 3.05) is 26.3 Å². The fourth-order valence-corrected chi connectivity index (χ4v) is 8.09. The minimum absolute atomic E-state index is 0.156. The van der Waals surface area contributed by atoms with Crippen molar-refractivity contribution in [3.05, 3.63) is 71.8 Å². The van der Waals surface area contributed by atoms with E-state index in [2.05, 4.69) is 0 Å². The molecule has 1 spiro atoms. The highest BCUT2D eigenvalue weighted by molar-refractivity contribution is 5.86. The van der Waals surface area contributed by atoms with Gasteiger partial charge in [0.1, 0.15) is 6.10 Å². The molecule has 9 nitrogen and oxygen atoms in total. The fourth-order valence-electron chi connectivity index (χ4n) is 8.09. The van der Waals surface area contributed by atoms with Crippen molar-refractivity contribution in [2.24, 2.45) is 11.8 Å². The molecule has 4 fully saturated rings. The van der Waals surface area contributed by atoms with Crippen molar-refractivity contribution < 1.29 is 42.9 Å². The van der Waals surface area contributed by atoms with Gasteiger partial charge in [-0.1, -0.05) is 74.5 Å². The van der Waals surface area contributed by atoms with Gasteiger partial charge in [-0.2, -0.15) is 0 Å². The molecule has 0 N–H and O–H groups in total. The first-order valence-electron chi connectivity index (χ1n) is 16.5. The van der Waals surface area contributed by atoms with Crippen LogP contribution in [-0.2, 0) is 38.9 Å². The number of rotatable bonds is 9. The predicted octanol–water partition coefficient (Wildman–Crippen LogP) is 4.11. The number of carbonyl (C=O) groups excluding carboxylic acids is 3. The van der Waals surface area contributed by atoms with E-state index in [4.69, 9.17) is 28.8 Å². The smallest absolute Gasteiger partial charge is 0.348 e. The summed E-state index contributed by atoms with van der Waals surface area (Å²) in [5.74, 6) is -1.17. The normalized spacial score (nSPS) is 24.8. The van der Waals surface area contributed by atoms with Gasteiger partial charge in [0.2, 0.25) is 11.9 Å². The van der Waals surface area contributed by atoms with Gasteiger partial charge in [-0.3, -0.25) is 4.79 Å². The molecule has 3 atom stereocenters. The van der Waals surface area contributed by atoms with E-state index >= 15 is 0 Å². The molecule has 2 aromatic carbocycles. The molecule has 3 unspecified atom stereocenters. The molecule has 45 heavy (non-hydrogen) atoms. The summed E-state index contributed by atoms with van der Waals surface area (Å²) in [4.78, 5) is 36.3. The number of benzene rings is 2. The van der Waals surface area contributed by atoms with Gasteiger partial charge in [-0.25, -0.2) is 4.79 Å². The fraction of sp³-hybridized carbons (Fsp3) is 0.583. The summed E-state index contributed by atoms with van der Waals surface area (Å²) in [7, 11) is 0. The summed E-state index contributed by atoms with van der Waals surface area (Å²) in [6, 6.07) is 20.2. The second-order valence-electron chi connectivity index (χ2n) is 13.2. The van der Waals surface area contributed by atoms with E-state index in [1.807, 2.05) is 74.5 Å². The first-order chi connectivity index (χ1) is 21.8. The average Bonchev–Trinajstić information content (AvgIpc) is 3.61. The predicted molar refractivity (Wildman–Crippen MR) is 164 cm³/mol. The maximum Gasteiger partial charge on any atom is 0.348 e. The summed E-state index contributed by atoms with van der Waals surface area (Å²) >= 11 is 0. The monoisotopic (exact) mass is 621 g/mol. The number of hydrogen-bond donors (Lipinski definition) is 0. The topological polar surface area (TPSA) is 111 Å². The molecule has 244 valence electrons. The first kappa shape index (κ1) is 33.1. The molecule has 4 aliphatic rings. The van der Waals surface area contributed by atoms with Crippen molar-refractivity contribution >= 4 is 18.4 Å². The van der Waals surface area contributed by atoms with E-state index in [0.717, 1.165) is 12.8 Å². The number of piperidine rings is 1. The maximum absolute atomic E-state index is 14.7. The van der Waals surface area contributed by atoms with Crippen LogP contribution in [0.5, 0.6) is 0 Å². The Morgan fingerprint density at radius 1 is 0.889 bits per heavy atom. The molecule has 4 aliphatic heterocycles. The molecule has 4 heterocycles. The molecule has 0 radical (unpaired) electrons. The SMILES string of the molecule is CC(C)C(OC(=O)C1CCOCC1)OC(C(=O)OC1CC2CCC(C1)[N+]21CCCC1)(c1ccccc1)c1ccccc1.O=C[O-]. The van der Waals surface area contributed by atoms with Crippen LogP contribution in [0, 0.1) is 11.8 Å². The standard InChI is InChI=1S/C35H46NO6.CH2O2/c1-25(2)33(41-32(37)26-17-21-39-22-18-26)42-35(27-11-5-3-6-12-27,28-13-7-4-8-14-28)34(38)40-31-23-29-15-16-30(24-31)36(29)19-9-10-20-36;2-1-3/h3-8,11-14,25-26,29-31,33H,9-10,15-24H2,1-2H3;1H,(H,2,3)/q+1;/p-1. The highest BCUT2D eigenvalue weighted by Gasteiger charge is 2.57. The van der Waals surface area contributed by atoms with Crippen molar-refractivity contribution in [3.8, 4) is 0 Å². The number of esters is 2. The van der Waals surface area contributed by atoms with Gasteiger partial charge in [0.25, 0.3) is 0 Å². The van der Waals surface area contributed by atoms with Crippen LogP contribution in [0.2, 0.25) is 0 Å². The number of carboxylic acid groups (broad SMARTS) is 1. The minimum atomic E-state index is -1.59. The average molecular weight is 622 g/mol. The molecule has 0 aliphatic carbocycles. The van der Waals surface area contributed by atoms with Crippen molar-refractivity contribution in [1.29, 1.82) is 0 Å². The Morgan fingerprint density at radius 3 is 1.89 bits per heavy atom. The molecule has 0 amide bonds. The Hall–Kier alpha value is -3.27. The van der Waals surface area contributed by atoms with Gasteiger partial charge in [-0.15, -0.1) is 0 Å². The summed E-state index contributed by atoms with van der Waals surface area (Å²) in [5, 5.41) is 8.25. The molecule has 2 bridgehead atoms. The molecule has 4 saturated heterocycles. The van der Waals surface area contributed by atoms with Crippen LogP contribution < -0.4 is 5.11 Å². The molecule has 0 aromatic heterocycles. The second kappa shape index (κ2) is 14.9. The van der Waals surface area contributed by atoms with E-state index in [1.165, 1.54) is 43.3 Å². The summed E-state index contributed by atoms with van der Waals surface area (Å²) in [6.45, 7) is 7.02. The number of ether oxygens (including phenoxy) is 4. The van der Waals surface area contributed by atoms with Crippen LogP contribution in [0.25, 0.3) is 0 Å². The van der Waals surface area contributed by atoms with E-state index in [0.29, 0.717) is 49.3 Å². The molecular formula is C36H47NO8. The molecule has 9 heteroatoms. The third kappa shape index (κ3) is 6.95. The van der Waals surface area contributed by atoms with Gasteiger partial charge in [0, 0.05) is 64.1 Å². The molecule has 6 rings (SSSR count). The van der Waals surface area contributed by atoms with E-state index in [9.17, 15) is 9.59 Å².